The van der Waals surface area contributed by atoms with Crippen LogP contribution >= 0.6 is 39.1 Å². The van der Waals surface area contributed by atoms with Crippen molar-refractivity contribution in [2.24, 2.45) is 0 Å². The standard InChI is InChI=1S/C13H8BrCl2FN2O/c14-10-2-1-8(17)3-7(10)5-19-13(20)9-4-12(16)18-6-11(9)15/h1-4,6H,5H2,(H,19,20). The Morgan fingerprint density at radius 3 is 2.85 bits per heavy atom. The number of aromatic nitrogens is 1. The Morgan fingerprint density at radius 2 is 2.10 bits per heavy atom. The first-order valence-corrected chi connectivity index (χ1v) is 7.05. The Hall–Kier alpha value is -1.17. The molecule has 1 heterocycles. The number of amides is 1. The SMILES string of the molecule is O=C(NCc1cc(F)ccc1Br)c1cc(Cl)ncc1Cl. The van der Waals surface area contributed by atoms with Gasteiger partial charge in [0.25, 0.3) is 5.91 Å². The van der Waals surface area contributed by atoms with E-state index in [1.807, 2.05) is 0 Å². The van der Waals surface area contributed by atoms with Crippen LogP contribution in [0.3, 0.4) is 0 Å². The first-order chi connectivity index (χ1) is 9.47. The molecule has 1 aromatic carbocycles. The fourth-order valence-electron chi connectivity index (χ4n) is 1.54. The average Bonchev–Trinajstić information content (AvgIpc) is 2.42. The van der Waals surface area contributed by atoms with E-state index in [9.17, 15) is 9.18 Å². The molecule has 0 saturated heterocycles. The van der Waals surface area contributed by atoms with Gasteiger partial charge in [-0.1, -0.05) is 39.1 Å². The van der Waals surface area contributed by atoms with Crippen molar-refractivity contribution in [3.8, 4) is 0 Å². The van der Waals surface area contributed by atoms with Crippen LogP contribution in [-0.4, -0.2) is 10.9 Å². The van der Waals surface area contributed by atoms with E-state index in [0.717, 1.165) is 0 Å². The molecule has 1 aromatic heterocycles. The summed E-state index contributed by atoms with van der Waals surface area (Å²) in [4.78, 5) is 15.8. The van der Waals surface area contributed by atoms with Crippen LogP contribution in [0.25, 0.3) is 0 Å². The fraction of sp³-hybridized carbons (Fsp3) is 0.0769. The van der Waals surface area contributed by atoms with E-state index < -0.39 is 5.91 Å². The van der Waals surface area contributed by atoms with Gasteiger partial charge in [0.15, 0.2) is 0 Å². The molecule has 0 spiro atoms. The molecule has 1 amide bonds. The highest BCUT2D eigenvalue weighted by molar-refractivity contribution is 9.10. The lowest BCUT2D eigenvalue weighted by Crippen LogP contribution is -2.23. The molecule has 20 heavy (non-hydrogen) atoms. The smallest absolute Gasteiger partial charge is 0.253 e. The third-order valence-electron chi connectivity index (χ3n) is 2.51. The van der Waals surface area contributed by atoms with Gasteiger partial charge in [0.2, 0.25) is 0 Å². The molecule has 0 fully saturated rings. The maximum Gasteiger partial charge on any atom is 0.253 e. The number of benzene rings is 1. The fourth-order valence-corrected chi connectivity index (χ4v) is 2.27. The molecule has 0 bridgehead atoms. The lowest BCUT2D eigenvalue weighted by molar-refractivity contribution is 0.0951. The molecule has 0 aliphatic heterocycles. The molecule has 1 N–H and O–H groups in total. The second-order valence-corrected chi connectivity index (χ2v) is 5.55. The summed E-state index contributed by atoms with van der Waals surface area (Å²) >= 11 is 14.9. The summed E-state index contributed by atoms with van der Waals surface area (Å²) < 4.78 is 13.8. The number of carbonyl (C=O) groups excluding carboxylic acids is 1. The molecule has 0 aliphatic rings. The normalized spacial score (nSPS) is 10.4. The van der Waals surface area contributed by atoms with E-state index in [1.165, 1.54) is 24.4 Å². The zero-order valence-electron chi connectivity index (χ0n) is 9.96. The van der Waals surface area contributed by atoms with Crippen molar-refractivity contribution < 1.29 is 9.18 Å². The van der Waals surface area contributed by atoms with Crippen molar-refractivity contribution in [2.45, 2.75) is 6.54 Å². The van der Waals surface area contributed by atoms with Crippen molar-refractivity contribution in [3.05, 3.63) is 62.1 Å². The number of halogens is 4. The molecular weight excluding hydrogens is 370 g/mol. The van der Waals surface area contributed by atoms with Gasteiger partial charge < -0.3 is 5.32 Å². The predicted molar refractivity (Wildman–Crippen MR) is 79.5 cm³/mol. The quantitative estimate of drug-likeness (QED) is 0.813. The van der Waals surface area contributed by atoms with Gasteiger partial charge in [-0.15, -0.1) is 0 Å². The molecule has 0 aliphatic carbocycles. The number of carbonyl (C=O) groups is 1. The molecule has 2 rings (SSSR count). The van der Waals surface area contributed by atoms with Crippen LogP contribution in [0.15, 0.2) is 34.9 Å². The van der Waals surface area contributed by atoms with E-state index >= 15 is 0 Å². The Labute approximate surface area is 133 Å². The average molecular weight is 378 g/mol. The lowest BCUT2D eigenvalue weighted by atomic mass is 10.2. The highest BCUT2D eigenvalue weighted by atomic mass is 79.9. The van der Waals surface area contributed by atoms with Gasteiger partial charge in [-0.25, -0.2) is 9.37 Å². The summed E-state index contributed by atoms with van der Waals surface area (Å²) in [5.41, 5.74) is 0.841. The van der Waals surface area contributed by atoms with Crippen LogP contribution in [-0.2, 0) is 6.54 Å². The van der Waals surface area contributed by atoms with Crippen LogP contribution in [0.5, 0.6) is 0 Å². The molecular formula is C13H8BrCl2FN2O. The summed E-state index contributed by atoms with van der Waals surface area (Å²) in [5.74, 6) is -0.780. The highest BCUT2D eigenvalue weighted by Gasteiger charge is 2.12. The van der Waals surface area contributed by atoms with Crippen LogP contribution < -0.4 is 5.32 Å². The van der Waals surface area contributed by atoms with Crippen molar-refractivity contribution in [3.63, 3.8) is 0 Å². The number of hydrogen-bond acceptors (Lipinski definition) is 2. The third kappa shape index (κ3) is 3.69. The Morgan fingerprint density at radius 1 is 1.35 bits per heavy atom. The van der Waals surface area contributed by atoms with Gasteiger partial charge in [0.05, 0.1) is 10.6 Å². The summed E-state index contributed by atoms with van der Waals surface area (Å²) in [6.07, 6.45) is 1.30. The Kier molecular flexibility index (Phi) is 4.96. The minimum Gasteiger partial charge on any atom is -0.348 e. The Bertz CT molecular complexity index is 667. The summed E-state index contributed by atoms with van der Waals surface area (Å²) in [7, 11) is 0. The summed E-state index contributed by atoms with van der Waals surface area (Å²) in [6.45, 7) is 0.160. The first kappa shape index (κ1) is 15.2. The molecule has 104 valence electrons. The minimum absolute atomic E-state index is 0.160. The second kappa shape index (κ2) is 6.52. The van der Waals surface area contributed by atoms with E-state index in [2.05, 4.69) is 26.2 Å². The van der Waals surface area contributed by atoms with Gasteiger partial charge in [-0.2, -0.15) is 0 Å². The number of pyridine rings is 1. The van der Waals surface area contributed by atoms with Gasteiger partial charge in [-0.05, 0) is 29.8 Å². The molecule has 0 saturated carbocycles. The largest absolute Gasteiger partial charge is 0.348 e. The third-order valence-corrected chi connectivity index (χ3v) is 3.80. The zero-order chi connectivity index (χ0) is 14.7. The minimum atomic E-state index is -0.407. The van der Waals surface area contributed by atoms with Crippen LogP contribution in [0.4, 0.5) is 4.39 Å². The van der Waals surface area contributed by atoms with Gasteiger partial charge in [0.1, 0.15) is 11.0 Å². The van der Waals surface area contributed by atoms with E-state index in [-0.39, 0.29) is 28.1 Å². The maximum atomic E-state index is 13.1. The monoisotopic (exact) mass is 376 g/mol. The molecule has 0 radical (unpaired) electrons. The van der Waals surface area contributed by atoms with E-state index in [0.29, 0.717) is 10.0 Å². The molecule has 0 unspecified atom stereocenters. The topological polar surface area (TPSA) is 42.0 Å². The first-order valence-electron chi connectivity index (χ1n) is 5.50. The predicted octanol–water partition coefficient (Wildman–Crippen LogP) is 4.22. The van der Waals surface area contributed by atoms with Crippen molar-refractivity contribution >= 4 is 45.0 Å². The van der Waals surface area contributed by atoms with Crippen LogP contribution in [0, 0.1) is 5.82 Å². The molecule has 2 aromatic rings. The summed E-state index contributed by atoms with van der Waals surface area (Å²) in [6, 6.07) is 5.62. The number of rotatable bonds is 3. The number of nitrogens with one attached hydrogen (secondary N) is 1. The molecule has 3 nitrogen and oxygen atoms in total. The van der Waals surface area contributed by atoms with Crippen LogP contribution in [0.1, 0.15) is 15.9 Å². The van der Waals surface area contributed by atoms with E-state index in [1.54, 1.807) is 6.07 Å². The van der Waals surface area contributed by atoms with Crippen LogP contribution in [0.2, 0.25) is 10.2 Å². The van der Waals surface area contributed by atoms with Gasteiger partial charge >= 0.3 is 0 Å². The molecule has 7 heteroatoms. The van der Waals surface area contributed by atoms with Crippen molar-refractivity contribution in [1.82, 2.24) is 10.3 Å². The number of nitrogens with zero attached hydrogens (tertiary/aromatic N) is 1. The second-order valence-electron chi connectivity index (χ2n) is 3.91. The van der Waals surface area contributed by atoms with Crippen molar-refractivity contribution in [2.75, 3.05) is 0 Å². The highest BCUT2D eigenvalue weighted by Crippen LogP contribution is 2.20. The summed E-state index contributed by atoms with van der Waals surface area (Å²) in [5, 5.41) is 3.02. The van der Waals surface area contributed by atoms with E-state index in [4.69, 9.17) is 23.2 Å². The van der Waals surface area contributed by atoms with Gasteiger partial charge in [0, 0.05) is 17.2 Å². The Balaban J connectivity index is 2.12. The maximum absolute atomic E-state index is 13.1. The zero-order valence-corrected chi connectivity index (χ0v) is 13.1. The van der Waals surface area contributed by atoms with Gasteiger partial charge in [-0.3, -0.25) is 4.79 Å². The number of hydrogen-bond donors (Lipinski definition) is 1. The lowest BCUT2D eigenvalue weighted by Gasteiger charge is -2.08. The molecule has 0 atom stereocenters. The van der Waals surface area contributed by atoms with Crippen molar-refractivity contribution in [1.29, 1.82) is 0 Å².